The molecule has 1 aromatic carbocycles. The molecule has 0 aliphatic carbocycles. The molecule has 0 saturated carbocycles. The Bertz CT molecular complexity index is 1100. The molecule has 3 rings (SSSR count). The van der Waals surface area contributed by atoms with Crippen LogP contribution in [0.3, 0.4) is 0 Å². The molecule has 168 valence electrons. The number of hydrogen-bond donors (Lipinski definition) is 0. The number of benzene rings is 1. The summed E-state index contributed by atoms with van der Waals surface area (Å²) in [5.74, 6) is 0.344. The molecule has 3 aromatic rings. The lowest BCUT2D eigenvalue weighted by atomic mass is 10.0. The van der Waals surface area contributed by atoms with Gasteiger partial charge in [0.15, 0.2) is 5.78 Å². The molecule has 32 heavy (non-hydrogen) atoms. The van der Waals surface area contributed by atoms with Crippen molar-refractivity contribution in [3.63, 3.8) is 0 Å². The van der Waals surface area contributed by atoms with Gasteiger partial charge in [0.2, 0.25) is 0 Å². The SMILES string of the molecule is CON(C)C(=O)c1ccnc(Cl)c1.COc1ccc(CC(=O)c2ccnc(Cl)c2)c(Cl)c1. The predicted molar refractivity (Wildman–Crippen MR) is 124 cm³/mol. The van der Waals surface area contributed by atoms with Gasteiger partial charge in [-0.1, -0.05) is 40.9 Å². The molecule has 10 heteroatoms. The van der Waals surface area contributed by atoms with E-state index >= 15 is 0 Å². The zero-order valence-electron chi connectivity index (χ0n) is 17.5. The fourth-order valence-corrected chi connectivity index (χ4v) is 3.03. The maximum Gasteiger partial charge on any atom is 0.277 e. The van der Waals surface area contributed by atoms with Gasteiger partial charge < -0.3 is 4.74 Å². The van der Waals surface area contributed by atoms with Crippen LogP contribution in [0.5, 0.6) is 5.75 Å². The molecule has 0 unspecified atom stereocenters. The number of halogens is 3. The lowest BCUT2D eigenvalue weighted by molar-refractivity contribution is -0.0757. The molecule has 7 nitrogen and oxygen atoms in total. The van der Waals surface area contributed by atoms with Crippen LogP contribution in [0.4, 0.5) is 0 Å². The fraction of sp³-hybridized carbons (Fsp3) is 0.182. The Kier molecular flexibility index (Phi) is 9.87. The molecule has 0 radical (unpaired) electrons. The molecule has 0 bridgehead atoms. The average Bonchev–Trinajstić information content (AvgIpc) is 2.79. The standard InChI is InChI=1S/C14H11Cl2NO2.C8H9ClN2O2/c1-19-11-3-2-9(12(15)8-11)6-13(18)10-4-5-17-14(16)7-10;1-11(13-2)8(12)6-3-4-10-7(9)5-6/h2-5,7-8H,6H2,1H3;3-5H,1-2H3. The summed E-state index contributed by atoms with van der Waals surface area (Å²) in [6, 6.07) is 11.5. The largest absolute Gasteiger partial charge is 0.497 e. The summed E-state index contributed by atoms with van der Waals surface area (Å²) in [4.78, 5) is 35.9. The lowest BCUT2D eigenvalue weighted by Gasteiger charge is -2.12. The highest BCUT2D eigenvalue weighted by atomic mass is 35.5. The monoisotopic (exact) mass is 495 g/mol. The maximum absolute atomic E-state index is 12.1. The van der Waals surface area contributed by atoms with Crippen LogP contribution in [-0.4, -0.2) is 48.0 Å². The number of carbonyl (C=O) groups is 2. The van der Waals surface area contributed by atoms with Crippen molar-refractivity contribution in [3.05, 3.63) is 86.9 Å². The first-order chi connectivity index (χ1) is 15.2. The van der Waals surface area contributed by atoms with Crippen molar-refractivity contribution in [2.75, 3.05) is 21.3 Å². The quantitative estimate of drug-likeness (QED) is 0.265. The van der Waals surface area contributed by atoms with Crippen LogP contribution in [-0.2, 0) is 11.3 Å². The van der Waals surface area contributed by atoms with E-state index in [-0.39, 0.29) is 23.3 Å². The molecule has 0 atom stereocenters. The van der Waals surface area contributed by atoms with Crippen LogP contribution >= 0.6 is 34.8 Å². The van der Waals surface area contributed by atoms with Crippen molar-refractivity contribution in [1.82, 2.24) is 15.0 Å². The molecule has 0 spiro atoms. The highest BCUT2D eigenvalue weighted by Gasteiger charge is 2.12. The Hall–Kier alpha value is -2.71. The van der Waals surface area contributed by atoms with E-state index in [1.807, 2.05) is 0 Å². The highest BCUT2D eigenvalue weighted by Crippen LogP contribution is 2.24. The summed E-state index contributed by atoms with van der Waals surface area (Å²) >= 11 is 17.5. The van der Waals surface area contributed by atoms with Crippen LogP contribution in [0.2, 0.25) is 15.3 Å². The number of carbonyl (C=O) groups excluding carboxylic acids is 2. The molecular formula is C22H20Cl3N3O4. The van der Waals surface area contributed by atoms with Gasteiger partial charge in [-0.15, -0.1) is 0 Å². The Morgan fingerprint density at radius 3 is 2.03 bits per heavy atom. The topological polar surface area (TPSA) is 81.6 Å². The first-order valence-electron chi connectivity index (χ1n) is 9.16. The van der Waals surface area contributed by atoms with E-state index in [9.17, 15) is 9.59 Å². The number of aromatic nitrogens is 2. The van der Waals surface area contributed by atoms with Gasteiger partial charge >= 0.3 is 0 Å². The third-order valence-electron chi connectivity index (χ3n) is 4.19. The number of hydroxylamine groups is 2. The number of rotatable bonds is 6. The smallest absolute Gasteiger partial charge is 0.277 e. The fourth-order valence-electron chi connectivity index (χ4n) is 2.45. The second-order valence-corrected chi connectivity index (χ2v) is 7.46. The molecule has 0 N–H and O–H groups in total. The Morgan fingerprint density at radius 2 is 1.50 bits per heavy atom. The van der Waals surface area contributed by atoms with Gasteiger partial charge in [0.05, 0.1) is 14.2 Å². The number of ether oxygens (including phenoxy) is 1. The zero-order valence-corrected chi connectivity index (χ0v) is 19.8. The number of amides is 1. The molecule has 2 heterocycles. The molecule has 1 amide bonds. The predicted octanol–water partition coefficient (Wildman–Crippen LogP) is 5.19. The van der Waals surface area contributed by atoms with Crippen LogP contribution in [0.1, 0.15) is 26.3 Å². The van der Waals surface area contributed by atoms with Gasteiger partial charge in [0.25, 0.3) is 5.91 Å². The van der Waals surface area contributed by atoms with E-state index in [1.165, 1.54) is 32.6 Å². The maximum atomic E-state index is 12.1. The number of pyridine rings is 2. The molecule has 0 aliphatic rings. The van der Waals surface area contributed by atoms with Crippen LogP contribution in [0, 0.1) is 0 Å². The van der Waals surface area contributed by atoms with Gasteiger partial charge in [0.1, 0.15) is 16.1 Å². The van der Waals surface area contributed by atoms with E-state index in [0.29, 0.717) is 27.1 Å². The van der Waals surface area contributed by atoms with Crippen LogP contribution in [0.15, 0.2) is 54.9 Å². The average molecular weight is 497 g/mol. The first-order valence-corrected chi connectivity index (χ1v) is 10.3. The molecule has 2 aromatic heterocycles. The van der Waals surface area contributed by atoms with Crippen molar-refractivity contribution in [1.29, 1.82) is 0 Å². The van der Waals surface area contributed by atoms with E-state index in [4.69, 9.17) is 44.4 Å². The van der Waals surface area contributed by atoms with E-state index in [0.717, 1.165) is 10.6 Å². The second-order valence-electron chi connectivity index (χ2n) is 6.28. The van der Waals surface area contributed by atoms with Crippen LogP contribution < -0.4 is 4.74 Å². The molecular weight excluding hydrogens is 477 g/mol. The summed E-state index contributed by atoms with van der Waals surface area (Å²) in [5, 5.41) is 2.21. The second kappa shape index (κ2) is 12.4. The van der Waals surface area contributed by atoms with Crippen molar-refractivity contribution < 1.29 is 19.2 Å². The Balaban J connectivity index is 0.000000244. The first kappa shape index (κ1) is 25.5. The third kappa shape index (κ3) is 7.46. The van der Waals surface area contributed by atoms with Gasteiger partial charge in [-0.25, -0.2) is 15.0 Å². The summed E-state index contributed by atoms with van der Waals surface area (Å²) in [6.07, 6.45) is 3.19. The van der Waals surface area contributed by atoms with E-state index in [1.54, 1.807) is 43.5 Å². The summed E-state index contributed by atoms with van der Waals surface area (Å²) in [6.45, 7) is 0. The number of Topliss-reactive ketones (excluding diaryl/α,β-unsaturated/α-hetero) is 1. The van der Waals surface area contributed by atoms with Crippen molar-refractivity contribution in [3.8, 4) is 5.75 Å². The van der Waals surface area contributed by atoms with Gasteiger partial charge in [0, 0.05) is 42.0 Å². The van der Waals surface area contributed by atoms with E-state index in [2.05, 4.69) is 9.97 Å². The van der Waals surface area contributed by atoms with E-state index < -0.39 is 0 Å². The summed E-state index contributed by atoms with van der Waals surface area (Å²) in [7, 11) is 4.51. The van der Waals surface area contributed by atoms with Crippen LogP contribution in [0.25, 0.3) is 0 Å². The number of nitrogens with zero attached hydrogens (tertiary/aromatic N) is 3. The van der Waals surface area contributed by atoms with Gasteiger partial charge in [-0.05, 0) is 42.0 Å². The zero-order chi connectivity index (χ0) is 23.7. The van der Waals surface area contributed by atoms with Gasteiger partial charge in [-0.2, -0.15) is 0 Å². The Morgan fingerprint density at radius 1 is 0.906 bits per heavy atom. The Labute approximate surface area is 200 Å². The summed E-state index contributed by atoms with van der Waals surface area (Å²) in [5.41, 5.74) is 1.72. The molecule has 0 fully saturated rings. The summed E-state index contributed by atoms with van der Waals surface area (Å²) < 4.78 is 5.06. The van der Waals surface area contributed by atoms with Gasteiger partial charge in [-0.3, -0.25) is 14.4 Å². The molecule has 0 aliphatic heterocycles. The minimum Gasteiger partial charge on any atom is -0.497 e. The third-order valence-corrected chi connectivity index (χ3v) is 4.96. The number of hydrogen-bond acceptors (Lipinski definition) is 6. The normalized spacial score (nSPS) is 10.1. The minimum atomic E-state index is -0.258. The highest BCUT2D eigenvalue weighted by molar-refractivity contribution is 6.32. The molecule has 0 saturated heterocycles. The number of ketones is 1. The minimum absolute atomic E-state index is 0.0589. The van der Waals surface area contributed by atoms with Crippen molar-refractivity contribution in [2.24, 2.45) is 0 Å². The van der Waals surface area contributed by atoms with Crippen molar-refractivity contribution in [2.45, 2.75) is 6.42 Å². The lowest BCUT2D eigenvalue weighted by Crippen LogP contribution is -2.25. The number of methoxy groups -OCH3 is 1. The van der Waals surface area contributed by atoms with Crippen molar-refractivity contribution >= 4 is 46.5 Å².